The summed E-state index contributed by atoms with van der Waals surface area (Å²) in [5.41, 5.74) is -0.717. The Balaban J connectivity index is 2.59. The Labute approximate surface area is 128 Å². The van der Waals surface area contributed by atoms with Crippen LogP contribution in [-0.2, 0) is 17.4 Å². The van der Waals surface area contributed by atoms with Gasteiger partial charge < -0.3 is 10.4 Å². The Bertz CT molecular complexity index is 510. The first-order chi connectivity index (χ1) is 9.99. The second-order valence-corrected chi connectivity index (χ2v) is 6.37. The normalized spacial score (nSPS) is 13.8. The van der Waals surface area contributed by atoms with Crippen molar-refractivity contribution in [3.8, 4) is 0 Å². The Kier molecular flexibility index (Phi) is 6.00. The van der Waals surface area contributed by atoms with E-state index in [1.807, 2.05) is 13.8 Å². The lowest BCUT2D eigenvalue weighted by molar-refractivity contribution is -0.137. The van der Waals surface area contributed by atoms with Crippen molar-refractivity contribution in [3.05, 3.63) is 35.4 Å². The quantitative estimate of drug-likeness (QED) is 0.847. The molecule has 1 aromatic carbocycles. The van der Waals surface area contributed by atoms with Crippen LogP contribution < -0.4 is 5.32 Å². The summed E-state index contributed by atoms with van der Waals surface area (Å²) in [6.07, 6.45) is -4.47. The van der Waals surface area contributed by atoms with Crippen molar-refractivity contribution in [1.82, 2.24) is 5.32 Å². The fourth-order valence-electron chi connectivity index (χ4n) is 2.32. The summed E-state index contributed by atoms with van der Waals surface area (Å²) in [6.45, 7) is 5.84. The number of aliphatic hydroxyl groups excluding tert-OH is 1. The van der Waals surface area contributed by atoms with E-state index in [-0.39, 0.29) is 17.7 Å². The van der Waals surface area contributed by atoms with E-state index in [9.17, 15) is 23.1 Å². The van der Waals surface area contributed by atoms with Crippen LogP contribution in [0.15, 0.2) is 24.3 Å². The number of nitrogens with one attached hydrogen (secondary N) is 1. The molecule has 6 heteroatoms. The number of alkyl halides is 3. The van der Waals surface area contributed by atoms with E-state index in [0.29, 0.717) is 18.5 Å². The van der Waals surface area contributed by atoms with Crippen molar-refractivity contribution in [1.29, 1.82) is 0 Å². The molecule has 0 aliphatic heterocycles. The van der Waals surface area contributed by atoms with Crippen LogP contribution in [-0.4, -0.2) is 23.7 Å². The number of halogens is 3. The molecule has 1 aromatic rings. The first-order valence-corrected chi connectivity index (χ1v) is 7.10. The molecule has 0 heterocycles. The first kappa shape index (κ1) is 18.5. The number of rotatable bonds is 6. The van der Waals surface area contributed by atoms with Gasteiger partial charge in [0.1, 0.15) is 0 Å². The number of carbonyl (C=O) groups excluding carboxylic acids is 1. The molecule has 0 fully saturated rings. The van der Waals surface area contributed by atoms with Gasteiger partial charge in [-0.2, -0.15) is 13.2 Å². The average molecular weight is 317 g/mol. The molecule has 1 atom stereocenters. The van der Waals surface area contributed by atoms with E-state index in [0.717, 1.165) is 12.1 Å². The van der Waals surface area contributed by atoms with Crippen LogP contribution in [0.3, 0.4) is 0 Å². The summed E-state index contributed by atoms with van der Waals surface area (Å²) >= 11 is 0. The van der Waals surface area contributed by atoms with Crippen molar-refractivity contribution < 1.29 is 23.1 Å². The zero-order valence-electron chi connectivity index (χ0n) is 13.0. The largest absolute Gasteiger partial charge is 0.416 e. The lowest BCUT2D eigenvalue weighted by Crippen LogP contribution is -2.36. The fraction of sp³-hybridized carbons (Fsp3) is 0.562. The van der Waals surface area contributed by atoms with Crippen molar-refractivity contribution in [2.75, 3.05) is 6.54 Å². The van der Waals surface area contributed by atoms with Crippen LogP contribution in [0, 0.1) is 5.41 Å². The van der Waals surface area contributed by atoms with Gasteiger partial charge in [0.2, 0.25) is 5.91 Å². The van der Waals surface area contributed by atoms with Crippen LogP contribution in [0.25, 0.3) is 0 Å². The molecule has 2 N–H and O–H groups in total. The van der Waals surface area contributed by atoms with Gasteiger partial charge in [0.25, 0.3) is 0 Å². The third kappa shape index (κ3) is 6.47. The highest BCUT2D eigenvalue weighted by molar-refractivity contribution is 5.78. The Morgan fingerprint density at radius 3 is 2.50 bits per heavy atom. The van der Waals surface area contributed by atoms with Crippen LogP contribution in [0.4, 0.5) is 13.2 Å². The van der Waals surface area contributed by atoms with Gasteiger partial charge in [-0.05, 0) is 30.4 Å². The second-order valence-electron chi connectivity index (χ2n) is 6.37. The standard InChI is InChI=1S/C16H22F3NO2/c1-11(21)9-15(2,3)10-20-14(22)8-12-5-4-6-13(7-12)16(17,18)19/h4-7,11,21H,8-10H2,1-3H3,(H,20,22). The van der Waals surface area contributed by atoms with Crippen LogP contribution in [0.2, 0.25) is 0 Å². The molecule has 0 spiro atoms. The molecular formula is C16H22F3NO2. The summed E-state index contributed by atoms with van der Waals surface area (Å²) in [6, 6.07) is 4.76. The zero-order valence-corrected chi connectivity index (χ0v) is 13.0. The number of amides is 1. The fourth-order valence-corrected chi connectivity index (χ4v) is 2.32. The Hall–Kier alpha value is -1.56. The molecule has 0 saturated carbocycles. The van der Waals surface area contributed by atoms with Crippen molar-refractivity contribution in [3.63, 3.8) is 0 Å². The van der Waals surface area contributed by atoms with E-state index < -0.39 is 17.8 Å². The van der Waals surface area contributed by atoms with Gasteiger partial charge in [0.05, 0.1) is 18.1 Å². The molecule has 0 bridgehead atoms. The molecule has 0 aliphatic carbocycles. The molecule has 0 radical (unpaired) electrons. The molecule has 3 nitrogen and oxygen atoms in total. The van der Waals surface area contributed by atoms with Crippen molar-refractivity contribution in [2.24, 2.45) is 5.41 Å². The molecule has 1 unspecified atom stereocenters. The predicted octanol–water partition coefficient (Wildman–Crippen LogP) is 3.16. The van der Waals surface area contributed by atoms with Gasteiger partial charge in [-0.15, -0.1) is 0 Å². The van der Waals surface area contributed by atoms with Gasteiger partial charge in [0, 0.05) is 6.54 Å². The number of carbonyl (C=O) groups is 1. The van der Waals surface area contributed by atoms with Gasteiger partial charge >= 0.3 is 6.18 Å². The average Bonchev–Trinajstić information content (AvgIpc) is 2.34. The summed E-state index contributed by atoms with van der Waals surface area (Å²) in [5.74, 6) is -0.335. The van der Waals surface area contributed by atoms with Gasteiger partial charge in [-0.3, -0.25) is 4.79 Å². The molecule has 0 saturated heterocycles. The van der Waals surface area contributed by atoms with Crippen LogP contribution in [0.1, 0.15) is 38.3 Å². The third-order valence-corrected chi connectivity index (χ3v) is 3.23. The maximum Gasteiger partial charge on any atom is 0.416 e. The van der Waals surface area contributed by atoms with Crippen LogP contribution >= 0.6 is 0 Å². The maximum absolute atomic E-state index is 12.6. The first-order valence-electron chi connectivity index (χ1n) is 7.10. The number of hydrogen-bond acceptors (Lipinski definition) is 2. The topological polar surface area (TPSA) is 49.3 Å². The second kappa shape index (κ2) is 7.13. The molecule has 0 aliphatic rings. The number of hydrogen-bond donors (Lipinski definition) is 2. The highest BCUT2D eigenvalue weighted by Crippen LogP contribution is 2.29. The minimum atomic E-state index is -4.41. The van der Waals surface area contributed by atoms with Crippen molar-refractivity contribution >= 4 is 5.91 Å². The molecule has 1 rings (SSSR count). The molecule has 124 valence electrons. The SMILES string of the molecule is CC(O)CC(C)(C)CNC(=O)Cc1cccc(C(F)(F)F)c1. The smallest absolute Gasteiger partial charge is 0.393 e. The molecule has 0 aromatic heterocycles. The number of aliphatic hydroxyl groups is 1. The summed E-state index contributed by atoms with van der Waals surface area (Å²) in [4.78, 5) is 11.9. The lowest BCUT2D eigenvalue weighted by Gasteiger charge is -2.26. The monoisotopic (exact) mass is 317 g/mol. The molecule has 22 heavy (non-hydrogen) atoms. The van der Waals surface area contributed by atoms with E-state index in [1.54, 1.807) is 6.92 Å². The van der Waals surface area contributed by atoms with E-state index in [1.165, 1.54) is 12.1 Å². The maximum atomic E-state index is 12.6. The Morgan fingerprint density at radius 2 is 1.95 bits per heavy atom. The van der Waals surface area contributed by atoms with E-state index >= 15 is 0 Å². The third-order valence-electron chi connectivity index (χ3n) is 3.23. The highest BCUT2D eigenvalue weighted by atomic mass is 19.4. The zero-order chi connectivity index (χ0) is 17.0. The van der Waals surface area contributed by atoms with Crippen LogP contribution in [0.5, 0.6) is 0 Å². The Morgan fingerprint density at radius 1 is 1.32 bits per heavy atom. The highest BCUT2D eigenvalue weighted by Gasteiger charge is 2.30. The number of benzene rings is 1. The van der Waals surface area contributed by atoms with Gasteiger partial charge in [0.15, 0.2) is 0 Å². The molecular weight excluding hydrogens is 295 g/mol. The van der Waals surface area contributed by atoms with Gasteiger partial charge in [-0.1, -0.05) is 32.0 Å². The van der Waals surface area contributed by atoms with E-state index in [2.05, 4.69) is 5.32 Å². The summed E-state index contributed by atoms with van der Waals surface area (Å²) in [5, 5.41) is 12.1. The minimum Gasteiger partial charge on any atom is -0.393 e. The molecule has 1 amide bonds. The predicted molar refractivity (Wildman–Crippen MR) is 78.2 cm³/mol. The summed E-state index contributed by atoms with van der Waals surface area (Å²) in [7, 11) is 0. The van der Waals surface area contributed by atoms with E-state index in [4.69, 9.17) is 0 Å². The van der Waals surface area contributed by atoms with Crippen molar-refractivity contribution in [2.45, 2.75) is 45.9 Å². The van der Waals surface area contributed by atoms with Gasteiger partial charge in [-0.25, -0.2) is 0 Å². The minimum absolute atomic E-state index is 0.103. The summed E-state index contributed by atoms with van der Waals surface area (Å²) < 4.78 is 37.8. The lowest BCUT2D eigenvalue weighted by atomic mass is 9.87.